The number of hydrogen-bond donors (Lipinski definition) is 1. The van der Waals surface area contributed by atoms with E-state index in [0.29, 0.717) is 0 Å². The van der Waals surface area contributed by atoms with Gasteiger partial charge in [-0.15, -0.1) is 0 Å². The number of hydrogen-bond acceptors (Lipinski definition) is 2. The van der Waals surface area contributed by atoms with Crippen LogP contribution in [-0.2, 0) is 0 Å². The van der Waals surface area contributed by atoms with Crippen LogP contribution in [0.5, 0.6) is 0 Å². The number of halogens is 2. The fraction of sp³-hybridized carbons (Fsp3) is 1.00. The van der Waals surface area contributed by atoms with E-state index in [0.717, 1.165) is 25.9 Å². The number of nitrogens with zero attached hydrogens (tertiary/aromatic N) is 1. The molecular weight excluding hydrogens is 186 g/mol. The highest BCUT2D eigenvalue weighted by Gasteiger charge is 2.54. The van der Waals surface area contributed by atoms with E-state index < -0.39 is 5.92 Å². The molecule has 2 aliphatic rings. The van der Waals surface area contributed by atoms with Crippen LogP contribution in [0.2, 0.25) is 0 Å². The number of nitrogens with two attached hydrogens (primary N) is 1. The summed E-state index contributed by atoms with van der Waals surface area (Å²) >= 11 is 0. The summed E-state index contributed by atoms with van der Waals surface area (Å²) in [7, 11) is 2.03. The van der Waals surface area contributed by atoms with Gasteiger partial charge in [0, 0.05) is 18.9 Å². The van der Waals surface area contributed by atoms with Crippen molar-refractivity contribution in [3.8, 4) is 0 Å². The average molecular weight is 204 g/mol. The fourth-order valence-corrected chi connectivity index (χ4v) is 2.87. The number of piperidine rings is 1. The molecule has 0 aromatic rings. The number of alkyl halides is 2. The summed E-state index contributed by atoms with van der Waals surface area (Å²) in [4.78, 5) is 2.19. The molecule has 2 fully saturated rings. The maximum absolute atomic E-state index is 13.2. The molecule has 1 atom stereocenters. The lowest BCUT2D eigenvalue weighted by Crippen LogP contribution is -2.45. The molecule has 1 heterocycles. The predicted molar refractivity (Wildman–Crippen MR) is 51.3 cm³/mol. The van der Waals surface area contributed by atoms with Gasteiger partial charge >= 0.3 is 0 Å². The molecular formula is C10H18F2N2. The van der Waals surface area contributed by atoms with E-state index in [1.165, 1.54) is 0 Å². The van der Waals surface area contributed by atoms with Crippen LogP contribution in [-0.4, -0.2) is 37.0 Å². The Hall–Kier alpha value is -0.220. The Morgan fingerprint density at radius 2 is 1.86 bits per heavy atom. The van der Waals surface area contributed by atoms with Crippen LogP contribution >= 0.6 is 0 Å². The quantitative estimate of drug-likeness (QED) is 0.647. The first kappa shape index (κ1) is 10.3. The highest BCUT2D eigenvalue weighted by Crippen LogP contribution is 2.51. The van der Waals surface area contributed by atoms with Gasteiger partial charge in [-0.05, 0) is 38.4 Å². The van der Waals surface area contributed by atoms with E-state index in [2.05, 4.69) is 4.90 Å². The first-order chi connectivity index (χ1) is 6.44. The average Bonchev–Trinajstić information content (AvgIpc) is 2.29. The molecule has 2 N–H and O–H groups in total. The van der Waals surface area contributed by atoms with Gasteiger partial charge in [-0.2, -0.15) is 0 Å². The molecule has 82 valence electrons. The van der Waals surface area contributed by atoms with Crippen molar-refractivity contribution in [1.29, 1.82) is 0 Å². The lowest BCUT2D eigenvalue weighted by Gasteiger charge is -2.40. The zero-order valence-electron chi connectivity index (χ0n) is 8.60. The van der Waals surface area contributed by atoms with E-state index in [-0.39, 0.29) is 24.3 Å². The predicted octanol–water partition coefficient (Wildman–Crippen LogP) is 1.45. The van der Waals surface area contributed by atoms with Crippen LogP contribution in [0.3, 0.4) is 0 Å². The van der Waals surface area contributed by atoms with Gasteiger partial charge in [-0.3, -0.25) is 0 Å². The van der Waals surface area contributed by atoms with Crippen LogP contribution in [0.15, 0.2) is 0 Å². The van der Waals surface area contributed by atoms with E-state index in [4.69, 9.17) is 5.73 Å². The zero-order chi connectivity index (χ0) is 10.4. The molecule has 14 heavy (non-hydrogen) atoms. The molecule has 1 saturated carbocycles. The Bertz CT molecular complexity index is 222. The van der Waals surface area contributed by atoms with E-state index in [1.54, 1.807) is 0 Å². The molecule has 0 bridgehead atoms. The number of likely N-dealkylation sites (tertiary alicyclic amines) is 1. The fourth-order valence-electron chi connectivity index (χ4n) is 2.87. The highest BCUT2D eigenvalue weighted by atomic mass is 19.3. The second kappa shape index (κ2) is 3.14. The van der Waals surface area contributed by atoms with Gasteiger partial charge in [-0.25, -0.2) is 8.78 Å². The first-order valence-corrected chi connectivity index (χ1v) is 5.26. The number of rotatable bonds is 0. The Labute approximate surface area is 83.4 Å². The zero-order valence-corrected chi connectivity index (χ0v) is 8.60. The van der Waals surface area contributed by atoms with Crippen LogP contribution in [0.1, 0.15) is 25.7 Å². The van der Waals surface area contributed by atoms with Gasteiger partial charge in [0.15, 0.2) is 0 Å². The first-order valence-electron chi connectivity index (χ1n) is 5.26. The molecule has 2 nitrogen and oxygen atoms in total. The second-order valence-corrected chi connectivity index (χ2v) is 5.01. The Kier molecular flexibility index (Phi) is 2.31. The standard InChI is InChI=1S/C10H18F2N2/c1-14-4-2-9(3-5-14)7-10(11,12)6-8(9)13/h8H,2-7,13H2,1H3/t8-/m0/s1. The summed E-state index contributed by atoms with van der Waals surface area (Å²) in [5, 5.41) is 0. The maximum Gasteiger partial charge on any atom is 0.250 e. The Morgan fingerprint density at radius 1 is 1.29 bits per heavy atom. The van der Waals surface area contributed by atoms with Gasteiger partial charge in [0.05, 0.1) is 0 Å². The van der Waals surface area contributed by atoms with Gasteiger partial charge in [0.25, 0.3) is 0 Å². The van der Waals surface area contributed by atoms with Gasteiger partial charge in [0.1, 0.15) is 0 Å². The minimum Gasteiger partial charge on any atom is -0.327 e. The normalized spacial score (nSPS) is 36.4. The summed E-state index contributed by atoms with van der Waals surface area (Å²) in [6.07, 6.45) is 1.56. The third kappa shape index (κ3) is 1.65. The van der Waals surface area contributed by atoms with E-state index in [9.17, 15) is 8.78 Å². The van der Waals surface area contributed by atoms with Crippen LogP contribution in [0.4, 0.5) is 8.78 Å². The van der Waals surface area contributed by atoms with E-state index in [1.807, 2.05) is 7.05 Å². The molecule has 0 amide bonds. The molecule has 1 aliphatic heterocycles. The minimum absolute atomic E-state index is 0.00894. The largest absolute Gasteiger partial charge is 0.327 e. The summed E-state index contributed by atoms with van der Waals surface area (Å²) < 4.78 is 26.5. The van der Waals surface area contributed by atoms with Crippen molar-refractivity contribution in [2.45, 2.75) is 37.6 Å². The molecule has 1 spiro atoms. The van der Waals surface area contributed by atoms with Crippen LogP contribution in [0, 0.1) is 5.41 Å². The molecule has 1 aliphatic carbocycles. The highest BCUT2D eigenvalue weighted by molar-refractivity contribution is 5.03. The molecule has 4 heteroatoms. The Balaban J connectivity index is 2.09. The van der Waals surface area contributed by atoms with Crippen molar-refractivity contribution in [2.24, 2.45) is 11.1 Å². The smallest absolute Gasteiger partial charge is 0.250 e. The van der Waals surface area contributed by atoms with Gasteiger partial charge in [-0.1, -0.05) is 0 Å². The molecule has 1 saturated heterocycles. The second-order valence-electron chi connectivity index (χ2n) is 5.01. The maximum atomic E-state index is 13.2. The monoisotopic (exact) mass is 204 g/mol. The summed E-state index contributed by atoms with van der Waals surface area (Å²) in [5.74, 6) is -2.52. The van der Waals surface area contributed by atoms with Crippen molar-refractivity contribution >= 4 is 0 Å². The topological polar surface area (TPSA) is 29.3 Å². The van der Waals surface area contributed by atoms with Crippen molar-refractivity contribution < 1.29 is 8.78 Å². The molecule has 0 unspecified atom stereocenters. The third-order valence-electron chi connectivity index (χ3n) is 3.90. The van der Waals surface area contributed by atoms with Crippen LogP contribution in [0.25, 0.3) is 0 Å². The lowest BCUT2D eigenvalue weighted by atomic mass is 9.74. The third-order valence-corrected chi connectivity index (χ3v) is 3.90. The van der Waals surface area contributed by atoms with Crippen molar-refractivity contribution in [1.82, 2.24) is 4.90 Å². The van der Waals surface area contributed by atoms with Crippen LogP contribution < -0.4 is 5.73 Å². The van der Waals surface area contributed by atoms with Gasteiger partial charge < -0.3 is 10.6 Å². The van der Waals surface area contributed by atoms with Crippen molar-refractivity contribution in [3.63, 3.8) is 0 Å². The molecule has 0 radical (unpaired) electrons. The SMILES string of the molecule is CN1CCC2(CC1)CC(F)(F)C[C@@H]2N. The summed E-state index contributed by atoms with van der Waals surface area (Å²) in [5.41, 5.74) is 5.60. The summed E-state index contributed by atoms with van der Waals surface area (Å²) in [6.45, 7) is 1.81. The van der Waals surface area contributed by atoms with Crippen molar-refractivity contribution in [2.75, 3.05) is 20.1 Å². The minimum atomic E-state index is -2.52. The Morgan fingerprint density at radius 3 is 2.29 bits per heavy atom. The molecule has 0 aromatic heterocycles. The molecule has 2 rings (SSSR count). The van der Waals surface area contributed by atoms with Crippen molar-refractivity contribution in [3.05, 3.63) is 0 Å². The lowest BCUT2D eigenvalue weighted by molar-refractivity contribution is -0.0121. The van der Waals surface area contributed by atoms with Gasteiger partial charge in [0.2, 0.25) is 5.92 Å². The molecule has 0 aromatic carbocycles. The van der Waals surface area contributed by atoms with E-state index >= 15 is 0 Å². The summed E-state index contributed by atoms with van der Waals surface area (Å²) in [6, 6.07) is -0.300.